The van der Waals surface area contributed by atoms with Gasteiger partial charge in [0.25, 0.3) is 0 Å². The third kappa shape index (κ3) is 3.97. The number of methoxy groups -OCH3 is 1. The van der Waals surface area contributed by atoms with E-state index in [9.17, 15) is 13.2 Å². The maximum Gasteiger partial charge on any atom is 0.243 e. The SMILES string of the molecule is CCNC(=O)C1CCN(S(=O)(=O)c2ccc(OC)c(Cl)c2)CC1. The molecule has 6 nitrogen and oxygen atoms in total. The third-order valence-corrected chi connectivity index (χ3v) is 6.13. The van der Waals surface area contributed by atoms with Gasteiger partial charge < -0.3 is 10.1 Å². The molecular formula is C15H21ClN2O4S. The van der Waals surface area contributed by atoms with Crippen molar-refractivity contribution in [3.05, 3.63) is 23.2 Å². The van der Waals surface area contributed by atoms with Crippen LogP contribution in [0, 0.1) is 5.92 Å². The number of benzene rings is 1. The van der Waals surface area contributed by atoms with Crippen LogP contribution in [0.5, 0.6) is 5.75 Å². The maximum absolute atomic E-state index is 12.7. The zero-order valence-electron chi connectivity index (χ0n) is 13.2. The van der Waals surface area contributed by atoms with Crippen LogP contribution in [0.3, 0.4) is 0 Å². The molecule has 128 valence electrons. The molecule has 0 bridgehead atoms. The first-order valence-electron chi connectivity index (χ1n) is 7.51. The number of amides is 1. The first-order valence-corrected chi connectivity index (χ1v) is 9.33. The number of carbonyl (C=O) groups excluding carboxylic acids is 1. The van der Waals surface area contributed by atoms with Crippen molar-refractivity contribution >= 4 is 27.5 Å². The summed E-state index contributed by atoms with van der Waals surface area (Å²) in [6, 6.07) is 4.41. The highest BCUT2D eigenvalue weighted by Gasteiger charge is 2.32. The van der Waals surface area contributed by atoms with Crippen molar-refractivity contribution in [3.63, 3.8) is 0 Å². The Morgan fingerprint density at radius 2 is 2.04 bits per heavy atom. The number of rotatable bonds is 5. The second-order valence-corrected chi connectivity index (χ2v) is 7.71. The Morgan fingerprint density at radius 1 is 1.39 bits per heavy atom. The van der Waals surface area contributed by atoms with Crippen molar-refractivity contribution in [1.29, 1.82) is 0 Å². The molecule has 23 heavy (non-hydrogen) atoms. The topological polar surface area (TPSA) is 75.7 Å². The molecule has 2 rings (SSSR count). The summed E-state index contributed by atoms with van der Waals surface area (Å²) < 4.78 is 31.8. The second kappa shape index (κ2) is 7.51. The average Bonchev–Trinajstić information content (AvgIpc) is 2.55. The number of carbonyl (C=O) groups is 1. The molecule has 0 aromatic heterocycles. The summed E-state index contributed by atoms with van der Waals surface area (Å²) in [5.41, 5.74) is 0. The van der Waals surface area contributed by atoms with Crippen molar-refractivity contribution in [3.8, 4) is 5.75 Å². The van der Waals surface area contributed by atoms with Gasteiger partial charge in [-0.3, -0.25) is 4.79 Å². The molecule has 1 aliphatic rings. The Labute approximate surface area is 141 Å². The number of hydrogen-bond donors (Lipinski definition) is 1. The molecule has 1 amide bonds. The van der Waals surface area contributed by atoms with E-state index in [1.54, 1.807) is 0 Å². The number of ether oxygens (including phenoxy) is 1. The van der Waals surface area contributed by atoms with Crippen molar-refractivity contribution < 1.29 is 17.9 Å². The third-order valence-electron chi connectivity index (χ3n) is 3.94. The largest absolute Gasteiger partial charge is 0.495 e. The average molecular weight is 361 g/mol. The molecule has 1 saturated heterocycles. The summed E-state index contributed by atoms with van der Waals surface area (Å²) in [5.74, 6) is 0.304. The van der Waals surface area contributed by atoms with Crippen LogP contribution in [-0.2, 0) is 14.8 Å². The van der Waals surface area contributed by atoms with Gasteiger partial charge in [-0.05, 0) is 38.0 Å². The number of hydrogen-bond acceptors (Lipinski definition) is 4. The summed E-state index contributed by atoms with van der Waals surface area (Å²) in [7, 11) is -2.14. The summed E-state index contributed by atoms with van der Waals surface area (Å²) in [6.07, 6.45) is 1.05. The van der Waals surface area contributed by atoms with Crippen molar-refractivity contribution in [2.24, 2.45) is 5.92 Å². The molecule has 1 N–H and O–H groups in total. The highest BCUT2D eigenvalue weighted by atomic mass is 35.5. The first-order chi connectivity index (χ1) is 10.9. The van der Waals surface area contributed by atoms with Crippen molar-refractivity contribution in [2.45, 2.75) is 24.7 Å². The standard InChI is InChI=1S/C15H21ClN2O4S/c1-3-17-15(19)11-6-8-18(9-7-11)23(20,21)12-4-5-14(22-2)13(16)10-12/h4-5,10-11H,3,6-9H2,1-2H3,(H,17,19). The lowest BCUT2D eigenvalue weighted by Gasteiger charge is -2.30. The van der Waals surface area contributed by atoms with Gasteiger partial charge >= 0.3 is 0 Å². The number of nitrogens with one attached hydrogen (secondary N) is 1. The van der Waals surface area contributed by atoms with Crippen LogP contribution >= 0.6 is 11.6 Å². The molecule has 1 heterocycles. The number of nitrogens with zero attached hydrogens (tertiary/aromatic N) is 1. The van der Waals surface area contributed by atoms with Crippen LogP contribution in [0.4, 0.5) is 0 Å². The number of sulfonamides is 1. The van der Waals surface area contributed by atoms with Gasteiger partial charge in [0.2, 0.25) is 15.9 Å². The minimum absolute atomic E-state index is 0.00274. The second-order valence-electron chi connectivity index (χ2n) is 5.37. The molecule has 1 fully saturated rings. The number of halogens is 1. The maximum atomic E-state index is 12.7. The smallest absolute Gasteiger partial charge is 0.243 e. The summed E-state index contributed by atoms with van der Waals surface area (Å²) in [6.45, 7) is 3.11. The fourth-order valence-electron chi connectivity index (χ4n) is 2.63. The Kier molecular flexibility index (Phi) is 5.89. The molecule has 8 heteroatoms. The Morgan fingerprint density at radius 3 is 2.57 bits per heavy atom. The van der Waals surface area contributed by atoms with Crippen LogP contribution in [0.25, 0.3) is 0 Å². The minimum Gasteiger partial charge on any atom is -0.495 e. The fraction of sp³-hybridized carbons (Fsp3) is 0.533. The van der Waals surface area contributed by atoms with Gasteiger partial charge in [-0.1, -0.05) is 11.6 Å². The predicted octanol–water partition coefficient (Wildman–Crippen LogP) is 1.89. The first kappa shape index (κ1) is 18.0. The van der Waals surface area contributed by atoms with Gasteiger partial charge in [0.1, 0.15) is 5.75 Å². The molecule has 0 saturated carbocycles. The molecule has 0 spiro atoms. The highest BCUT2D eigenvalue weighted by Crippen LogP contribution is 2.30. The van der Waals surface area contributed by atoms with Gasteiger partial charge in [0.05, 0.1) is 17.0 Å². The number of piperidine rings is 1. The minimum atomic E-state index is -3.61. The quantitative estimate of drug-likeness (QED) is 0.870. The Hall–Kier alpha value is -1.31. The molecule has 0 radical (unpaired) electrons. The van der Waals surface area contributed by atoms with Crippen LogP contribution < -0.4 is 10.1 Å². The van der Waals surface area contributed by atoms with E-state index in [1.807, 2.05) is 6.92 Å². The van der Waals surface area contributed by atoms with E-state index in [1.165, 1.54) is 29.6 Å². The van der Waals surface area contributed by atoms with E-state index in [2.05, 4.69) is 5.32 Å². The van der Waals surface area contributed by atoms with Crippen LogP contribution in [-0.4, -0.2) is 45.4 Å². The van der Waals surface area contributed by atoms with Gasteiger partial charge in [-0.15, -0.1) is 0 Å². The van der Waals surface area contributed by atoms with Crippen LogP contribution in [0.1, 0.15) is 19.8 Å². The van der Waals surface area contributed by atoms with Crippen LogP contribution in [0.15, 0.2) is 23.1 Å². The summed E-state index contributed by atoms with van der Waals surface area (Å²) in [5, 5.41) is 3.04. The molecule has 1 aromatic carbocycles. The van der Waals surface area contributed by atoms with Gasteiger partial charge in [0, 0.05) is 25.6 Å². The highest BCUT2D eigenvalue weighted by molar-refractivity contribution is 7.89. The zero-order valence-corrected chi connectivity index (χ0v) is 14.8. The molecular weight excluding hydrogens is 340 g/mol. The zero-order chi connectivity index (χ0) is 17.0. The van der Waals surface area contributed by atoms with Crippen molar-refractivity contribution in [2.75, 3.05) is 26.7 Å². The van der Waals surface area contributed by atoms with E-state index in [4.69, 9.17) is 16.3 Å². The van der Waals surface area contributed by atoms with E-state index in [0.29, 0.717) is 38.2 Å². The fourth-order valence-corrected chi connectivity index (χ4v) is 4.45. The monoisotopic (exact) mass is 360 g/mol. The van der Waals surface area contributed by atoms with Gasteiger partial charge in [0.15, 0.2) is 0 Å². The molecule has 1 aliphatic heterocycles. The lowest BCUT2D eigenvalue weighted by Crippen LogP contribution is -2.42. The lowest BCUT2D eigenvalue weighted by atomic mass is 9.97. The Balaban J connectivity index is 2.10. The van der Waals surface area contributed by atoms with E-state index in [0.717, 1.165) is 0 Å². The Bertz CT molecular complexity index is 670. The van der Waals surface area contributed by atoms with Gasteiger partial charge in [-0.2, -0.15) is 4.31 Å². The normalized spacial score (nSPS) is 17.0. The summed E-state index contributed by atoms with van der Waals surface area (Å²) in [4.78, 5) is 12.0. The van der Waals surface area contributed by atoms with Crippen LogP contribution in [0.2, 0.25) is 5.02 Å². The van der Waals surface area contributed by atoms with Crippen molar-refractivity contribution in [1.82, 2.24) is 9.62 Å². The molecule has 0 unspecified atom stereocenters. The van der Waals surface area contributed by atoms with E-state index in [-0.39, 0.29) is 21.7 Å². The molecule has 0 aliphatic carbocycles. The van der Waals surface area contributed by atoms with Gasteiger partial charge in [-0.25, -0.2) is 8.42 Å². The summed E-state index contributed by atoms with van der Waals surface area (Å²) >= 11 is 6.01. The van der Waals surface area contributed by atoms with E-state index >= 15 is 0 Å². The molecule has 0 atom stereocenters. The predicted molar refractivity (Wildman–Crippen MR) is 88.2 cm³/mol. The van der Waals surface area contributed by atoms with E-state index < -0.39 is 10.0 Å². The molecule has 1 aromatic rings. The lowest BCUT2D eigenvalue weighted by molar-refractivity contribution is -0.126.